The van der Waals surface area contributed by atoms with Crippen molar-refractivity contribution in [3.05, 3.63) is 71.7 Å². The van der Waals surface area contributed by atoms with Crippen LogP contribution < -0.4 is 10.2 Å². The number of thiocarbonyl (C=S) groups is 1. The van der Waals surface area contributed by atoms with Crippen LogP contribution in [0.15, 0.2) is 60.3 Å². The second kappa shape index (κ2) is 9.40. The Kier molecular flexibility index (Phi) is 6.14. The summed E-state index contributed by atoms with van der Waals surface area (Å²) in [4.78, 5) is 41.6. The van der Waals surface area contributed by atoms with E-state index in [0.717, 1.165) is 15.8 Å². The van der Waals surface area contributed by atoms with Crippen LogP contribution in [0, 0.1) is 5.82 Å². The molecule has 0 saturated carbocycles. The lowest BCUT2D eigenvalue weighted by Crippen LogP contribution is -2.54. The Hall–Kier alpha value is -3.89. The van der Waals surface area contributed by atoms with Gasteiger partial charge in [-0.2, -0.15) is 0 Å². The van der Waals surface area contributed by atoms with Gasteiger partial charge in [0.25, 0.3) is 11.8 Å². The number of fused-ring (bicyclic) bond motifs is 1. The predicted octanol–water partition coefficient (Wildman–Crippen LogP) is 2.47. The summed E-state index contributed by atoms with van der Waals surface area (Å²) < 4.78 is 21.5. The van der Waals surface area contributed by atoms with E-state index in [1.807, 2.05) is 24.3 Å². The van der Waals surface area contributed by atoms with Crippen molar-refractivity contribution in [1.29, 1.82) is 0 Å². The molecule has 8 nitrogen and oxygen atoms in total. The molecule has 2 fully saturated rings. The Morgan fingerprint density at radius 3 is 2.57 bits per heavy atom. The Labute approximate surface area is 205 Å². The van der Waals surface area contributed by atoms with Crippen molar-refractivity contribution in [3.63, 3.8) is 0 Å². The Balaban J connectivity index is 1.52. The summed E-state index contributed by atoms with van der Waals surface area (Å²) in [6.45, 7) is 2.19. The number of rotatable bonds is 4. The first-order chi connectivity index (χ1) is 16.9. The lowest BCUT2D eigenvalue weighted by Gasteiger charge is -2.29. The van der Waals surface area contributed by atoms with Crippen molar-refractivity contribution < 1.29 is 23.5 Å². The van der Waals surface area contributed by atoms with E-state index in [2.05, 4.69) is 5.32 Å². The fourth-order valence-electron chi connectivity index (χ4n) is 4.24. The molecule has 3 aromatic rings. The molecule has 2 aromatic carbocycles. The smallest absolute Gasteiger partial charge is 0.270 e. The van der Waals surface area contributed by atoms with Crippen LogP contribution in [0.3, 0.4) is 0 Å². The van der Waals surface area contributed by atoms with Gasteiger partial charge in [0.2, 0.25) is 5.91 Å². The van der Waals surface area contributed by atoms with E-state index in [1.165, 1.54) is 24.3 Å². The van der Waals surface area contributed by atoms with Crippen LogP contribution in [0.25, 0.3) is 17.0 Å². The number of anilines is 1. The minimum atomic E-state index is -0.731. The van der Waals surface area contributed by atoms with E-state index in [9.17, 15) is 18.8 Å². The number of para-hydroxylation sites is 2. The van der Waals surface area contributed by atoms with Gasteiger partial charge in [-0.25, -0.2) is 9.29 Å². The largest absolute Gasteiger partial charge is 0.378 e. The van der Waals surface area contributed by atoms with Crippen LogP contribution in [0.1, 0.15) is 5.56 Å². The van der Waals surface area contributed by atoms with E-state index in [0.29, 0.717) is 31.9 Å². The normalized spacial score (nSPS) is 17.9. The van der Waals surface area contributed by atoms with Crippen molar-refractivity contribution in [1.82, 2.24) is 14.8 Å². The number of benzene rings is 2. The first kappa shape index (κ1) is 22.9. The van der Waals surface area contributed by atoms with Crippen molar-refractivity contribution >= 4 is 57.7 Å². The Morgan fingerprint density at radius 1 is 1.09 bits per heavy atom. The first-order valence-electron chi connectivity index (χ1n) is 11.0. The predicted molar refractivity (Wildman–Crippen MR) is 132 cm³/mol. The molecule has 0 unspecified atom stereocenters. The molecule has 1 aromatic heterocycles. The first-order valence-corrected chi connectivity index (χ1v) is 11.4. The summed E-state index contributed by atoms with van der Waals surface area (Å²) in [6.07, 6.45) is 3.18. The topological polar surface area (TPSA) is 83.9 Å². The van der Waals surface area contributed by atoms with E-state index >= 15 is 0 Å². The monoisotopic (exact) mass is 492 g/mol. The molecule has 2 aliphatic heterocycles. The molecule has 10 heteroatoms. The molecule has 0 bridgehead atoms. The summed E-state index contributed by atoms with van der Waals surface area (Å²) in [5, 5.41) is 3.04. The number of hydrogen-bond acceptors (Lipinski definition) is 5. The summed E-state index contributed by atoms with van der Waals surface area (Å²) in [6, 6.07) is 13.1. The van der Waals surface area contributed by atoms with Crippen LogP contribution in [-0.4, -0.2) is 58.6 Å². The maximum absolute atomic E-state index is 14.4. The quantitative estimate of drug-likeness (QED) is 0.344. The zero-order chi connectivity index (χ0) is 24.5. The minimum Gasteiger partial charge on any atom is -0.378 e. The molecule has 0 radical (unpaired) electrons. The van der Waals surface area contributed by atoms with Gasteiger partial charge in [0, 0.05) is 35.8 Å². The minimum absolute atomic E-state index is 0.0455. The number of carbonyl (C=O) groups is 3. The van der Waals surface area contributed by atoms with Crippen LogP contribution in [-0.2, 0) is 25.7 Å². The van der Waals surface area contributed by atoms with Crippen molar-refractivity contribution in [2.75, 3.05) is 31.2 Å². The van der Waals surface area contributed by atoms with Crippen LogP contribution in [0.4, 0.5) is 10.1 Å². The van der Waals surface area contributed by atoms with Crippen LogP contribution >= 0.6 is 12.2 Å². The lowest BCUT2D eigenvalue weighted by molar-refractivity contribution is -0.135. The van der Waals surface area contributed by atoms with Gasteiger partial charge in [-0.05, 0) is 36.5 Å². The molecule has 2 saturated heterocycles. The van der Waals surface area contributed by atoms with Gasteiger partial charge >= 0.3 is 0 Å². The third-order valence-corrected chi connectivity index (χ3v) is 6.27. The fourth-order valence-corrected chi connectivity index (χ4v) is 4.52. The number of morpholine rings is 1. The van der Waals surface area contributed by atoms with Gasteiger partial charge in [0.15, 0.2) is 5.11 Å². The van der Waals surface area contributed by atoms with Crippen molar-refractivity contribution in [2.45, 2.75) is 6.54 Å². The summed E-state index contributed by atoms with van der Waals surface area (Å²) in [7, 11) is 0. The molecule has 0 atom stereocenters. The van der Waals surface area contributed by atoms with E-state index in [-0.39, 0.29) is 28.8 Å². The highest BCUT2D eigenvalue weighted by Crippen LogP contribution is 2.28. The second-order valence-corrected chi connectivity index (χ2v) is 8.52. The molecular weight excluding hydrogens is 471 g/mol. The molecule has 35 heavy (non-hydrogen) atoms. The van der Waals surface area contributed by atoms with Crippen LogP contribution in [0.2, 0.25) is 0 Å². The van der Waals surface area contributed by atoms with Crippen LogP contribution in [0.5, 0.6) is 0 Å². The number of nitrogens with one attached hydrogen (secondary N) is 1. The zero-order valence-electron chi connectivity index (χ0n) is 18.6. The molecule has 5 rings (SSSR count). The second-order valence-electron chi connectivity index (χ2n) is 8.13. The van der Waals surface area contributed by atoms with Crippen molar-refractivity contribution in [3.8, 4) is 0 Å². The van der Waals surface area contributed by atoms with E-state index < -0.39 is 17.6 Å². The van der Waals surface area contributed by atoms with Crippen molar-refractivity contribution in [2.24, 2.45) is 0 Å². The Bertz CT molecular complexity index is 1390. The number of amides is 3. The highest BCUT2D eigenvalue weighted by atomic mass is 32.1. The van der Waals surface area contributed by atoms with E-state index in [4.69, 9.17) is 17.0 Å². The fraction of sp³-hybridized carbons (Fsp3) is 0.200. The molecule has 2 aliphatic rings. The Morgan fingerprint density at radius 2 is 1.80 bits per heavy atom. The number of aromatic nitrogens is 1. The number of nitrogens with zero attached hydrogens (tertiary/aromatic N) is 3. The average molecular weight is 493 g/mol. The summed E-state index contributed by atoms with van der Waals surface area (Å²) >= 11 is 5.16. The number of carbonyl (C=O) groups excluding carboxylic acids is 3. The molecule has 3 amide bonds. The van der Waals surface area contributed by atoms with Gasteiger partial charge < -0.3 is 14.2 Å². The molecule has 3 heterocycles. The number of ether oxygens (including phenoxy) is 1. The summed E-state index contributed by atoms with van der Waals surface area (Å²) in [5.74, 6) is -2.09. The third kappa shape index (κ3) is 4.33. The molecular formula is C25H21FN4O4S. The number of hydrogen-bond donors (Lipinski definition) is 1. The molecule has 0 spiro atoms. The molecule has 1 N–H and O–H groups in total. The standard InChI is InChI=1S/C25H21FN4O4S/c26-19-6-2-4-8-21(19)30-24(33)18(23(32)27-25(30)35)13-16-14-29(20-7-3-1-5-17(16)20)15-22(31)28-9-11-34-12-10-28/h1-8,13-14H,9-12,15H2,(H,27,32,35)/b18-13+. The lowest BCUT2D eigenvalue weighted by atomic mass is 10.1. The average Bonchev–Trinajstić information content (AvgIpc) is 3.20. The van der Waals surface area contributed by atoms with E-state index in [1.54, 1.807) is 21.7 Å². The van der Waals surface area contributed by atoms with Gasteiger partial charge in [-0.1, -0.05) is 30.3 Å². The maximum atomic E-state index is 14.4. The van der Waals surface area contributed by atoms with Gasteiger partial charge in [0.1, 0.15) is 17.9 Å². The number of halogens is 1. The summed E-state index contributed by atoms with van der Waals surface area (Å²) in [5.41, 5.74) is 1.12. The molecule has 0 aliphatic carbocycles. The third-order valence-electron chi connectivity index (χ3n) is 5.98. The molecule has 178 valence electrons. The zero-order valence-corrected chi connectivity index (χ0v) is 19.4. The van der Waals surface area contributed by atoms with Gasteiger partial charge in [0.05, 0.1) is 18.9 Å². The SMILES string of the molecule is O=C1NC(=S)N(c2ccccc2F)C(=O)/C1=C/c1cn(CC(=O)N2CCOCC2)c2ccccc12. The van der Waals surface area contributed by atoms with Gasteiger partial charge in [-0.15, -0.1) is 0 Å². The maximum Gasteiger partial charge on any atom is 0.270 e. The highest BCUT2D eigenvalue weighted by Gasteiger charge is 2.36. The van der Waals surface area contributed by atoms with Gasteiger partial charge in [-0.3, -0.25) is 19.7 Å². The highest BCUT2D eigenvalue weighted by molar-refractivity contribution is 7.80.